The van der Waals surface area contributed by atoms with Crippen molar-refractivity contribution < 1.29 is 17.9 Å². The van der Waals surface area contributed by atoms with Gasteiger partial charge in [0, 0.05) is 13.1 Å². The molecule has 0 atom stereocenters. The lowest BCUT2D eigenvalue weighted by atomic mass is 10.2. The number of guanidine groups is 1. The lowest BCUT2D eigenvalue weighted by Gasteiger charge is -2.17. The summed E-state index contributed by atoms with van der Waals surface area (Å²) in [5, 5.41) is 6.04. The number of nitrogens with zero attached hydrogens (tertiary/aromatic N) is 1. The van der Waals surface area contributed by atoms with Crippen molar-refractivity contribution in [2.45, 2.75) is 12.6 Å². The van der Waals surface area contributed by atoms with E-state index in [9.17, 15) is 13.2 Å². The summed E-state index contributed by atoms with van der Waals surface area (Å²) in [4.78, 5) is 4.19. The fourth-order valence-electron chi connectivity index (χ4n) is 1.81. The van der Waals surface area contributed by atoms with Crippen LogP contribution in [-0.2, 0) is 6.18 Å². The van der Waals surface area contributed by atoms with Gasteiger partial charge in [0.25, 0.3) is 0 Å². The average Bonchev–Trinajstić information content (AvgIpc) is 2.44. The SMILES string of the molecule is FC(F)(F)c1ccccc1OCCNC1=NCCCN1. The van der Waals surface area contributed by atoms with Gasteiger partial charge in [0.15, 0.2) is 5.96 Å². The van der Waals surface area contributed by atoms with E-state index in [2.05, 4.69) is 15.6 Å². The highest BCUT2D eigenvalue weighted by Crippen LogP contribution is 2.35. The van der Waals surface area contributed by atoms with Gasteiger partial charge in [-0.25, -0.2) is 0 Å². The molecule has 4 nitrogen and oxygen atoms in total. The van der Waals surface area contributed by atoms with Gasteiger partial charge in [0.05, 0.1) is 12.1 Å². The second-order valence-corrected chi connectivity index (χ2v) is 4.28. The molecule has 0 radical (unpaired) electrons. The largest absolute Gasteiger partial charge is 0.491 e. The van der Waals surface area contributed by atoms with Crippen molar-refractivity contribution in [3.63, 3.8) is 0 Å². The van der Waals surface area contributed by atoms with E-state index in [1.165, 1.54) is 18.2 Å². The van der Waals surface area contributed by atoms with Crippen molar-refractivity contribution in [2.75, 3.05) is 26.2 Å². The molecule has 2 rings (SSSR count). The second-order valence-electron chi connectivity index (χ2n) is 4.28. The zero-order valence-corrected chi connectivity index (χ0v) is 10.8. The van der Waals surface area contributed by atoms with E-state index in [0.29, 0.717) is 12.5 Å². The van der Waals surface area contributed by atoms with Crippen LogP contribution in [0.25, 0.3) is 0 Å². The minimum Gasteiger partial charge on any atom is -0.491 e. The summed E-state index contributed by atoms with van der Waals surface area (Å²) in [7, 11) is 0. The molecule has 0 unspecified atom stereocenters. The third kappa shape index (κ3) is 4.04. The molecule has 1 aromatic carbocycles. The van der Waals surface area contributed by atoms with E-state index in [0.717, 1.165) is 25.6 Å². The van der Waals surface area contributed by atoms with E-state index >= 15 is 0 Å². The molecule has 1 heterocycles. The highest BCUT2D eigenvalue weighted by atomic mass is 19.4. The molecule has 7 heteroatoms. The van der Waals surface area contributed by atoms with Gasteiger partial charge in [-0.1, -0.05) is 12.1 Å². The molecule has 110 valence electrons. The summed E-state index contributed by atoms with van der Waals surface area (Å²) >= 11 is 0. The maximum absolute atomic E-state index is 12.7. The summed E-state index contributed by atoms with van der Waals surface area (Å²) in [6.45, 7) is 2.13. The Morgan fingerprint density at radius 3 is 2.80 bits per heavy atom. The Bertz CT molecular complexity index is 474. The highest BCUT2D eigenvalue weighted by molar-refractivity contribution is 5.80. The third-order valence-electron chi connectivity index (χ3n) is 2.74. The molecular weight excluding hydrogens is 271 g/mol. The average molecular weight is 287 g/mol. The smallest absolute Gasteiger partial charge is 0.419 e. The van der Waals surface area contributed by atoms with E-state index in [-0.39, 0.29) is 12.4 Å². The number of alkyl halides is 3. The van der Waals surface area contributed by atoms with Gasteiger partial charge < -0.3 is 15.4 Å². The molecule has 2 N–H and O–H groups in total. The Balaban J connectivity index is 1.84. The monoisotopic (exact) mass is 287 g/mol. The minimum atomic E-state index is -4.40. The van der Waals surface area contributed by atoms with E-state index in [1.807, 2.05) is 0 Å². The van der Waals surface area contributed by atoms with Gasteiger partial charge >= 0.3 is 6.18 Å². The van der Waals surface area contributed by atoms with Crippen molar-refractivity contribution in [1.82, 2.24) is 10.6 Å². The number of aliphatic imine (C=N–C) groups is 1. The van der Waals surface area contributed by atoms with Crippen molar-refractivity contribution >= 4 is 5.96 Å². The second kappa shape index (κ2) is 6.49. The summed E-state index contributed by atoms with van der Waals surface area (Å²) in [6.07, 6.45) is -3.42. The molecule has 0 bridgehead atoms. The number of hydrogen-bond acceptors (Lipinski definition) is 4. The quantitative estimate of drug-likeness (QED) is 0.833. The molecule has 0 saturated heterocycles. The van der Waals surface area contributed by atoms with Crippen molar-refractivity contribution in [1.29, 1.82) is 0 Å². The predicted molar refractivity (Wildman–Crippen MR) is 69.9 cm³/mol. The fraction of sp³-hybridized carbons (Fsp3) is 0.462. The maximum Gasteiger partial charge on any atom is 0.419 e. The molecule has 0 spiro atoms. The predicted octanol–water partition coefficient (Wildman–Crippen LogP) is 2.02. The molecular formula is C13H16F3N3O. The lowest BCUT2D eigenvalue weighted by molar-refractivity contribution is -0.138. The Hall–Kier alpha value is -1.92. The van der Waals surface area contributed by atoms with Gasteiger partial charge in [0.1, 0.15) is 12.4 Å². The van der Waals surface area contributed by atoms with Gasteiger partial charge in [-0.15, -0.1) is 0 Å². The van der Waals surface area contributed by atoms with E-state index < -0.39 is 11.7 Å². The minimum absolute atomic E-state index is 0.133. The van der Waals surface area contributed by atoms with Crippen LogP contribution in [0.2, 0.25) is 0 Å². The fourth-order valence-corrected chi connectivity index (χ4v) is 1.81. The van der Waals surface area contributed by atoms with Gasteiger partial charge in [-0.2, -0.15) is 13.2 Å². The Kier molecular flexibility index (Phi) is 4.70. The molecule has 20 heavy (non-hydrogen) atoms. The standard InChI is InChI=1S/C13H16F3N3O/c14-13(15,16)10-4-1-2-5-11(10)20-9-8-19-12-17-6-3-7-18-12/h1-2,4-5H,3,6-9H2,(H2,17,18,19). The molecule has 0 amide bonds. The van der Waals surface area contributed by atoms with Crippen LogP contribution in [0.4, 0.5) is 13.2 Å². The van der Waals surface area contributed by atoms with Crippen LogP contribution in [0, 0.1) is 0 Å². The zero-order chi connectivity index (χ0) is 14.4. The molecule has 0 saturated carbocycles. The van der Waals surface area contributed by atoms with Crippen LogP contribution in [-0.4, -0.2) is 32.2 Å². The van der Waals surface area contributed by atoms with Crippen LogP contribution < -0.4 is 15.4 Å². The topological polar surface area (TPSA) is 45.6 Å². The van der Waals surface area contributed by atoms with E-state index in [1.54, 1.807) is 0 Å². The lowest BCUT2D eigenvalue weighted by Crippen LogP contribution is -2.42. The highest BCUT2D eigenvalue weighted by Gasteiger charge is 2.33. The number of rotatable bonds is 4. The molecule has 1 aliphatic rings. The molecule has 1 aliphatic heterocycles. The first kappa shape index (κ1) is 14.5. The molecule has 0 aromatic heterocycles. The Labute approximate surface area is 115 Å². The van der Waals surface area contributed by atoms with Gasteiger partial charge in [-0.3, -0.25) is 4.99 Å². The van der Waals surface area contributed by atoms with Crippen LogP contribution >= 0.6 is 0 Å². The number of nitrogens with one attached hydrogen (secondary N) is 2. The normalized spacial score (nSPS) is 15.2. The first-order chi connectivity index (χ1) is 9.57. The molecule has 0 aliphatic carbocycles. The Morgan fingerprint density at radius 1 is 1.30 bits per heavy atom. The third-order valence-corrected chi connectivity index (χ3v) is 2.74. The number of para-hydroxylation sites is 1. The van der Waals surface area contributed by atoms with E-state index in [4.69, 9.17) is 4.74 Å². The summed E-state index contributed by atoms with van der Waals surface area (Å²) < 4.78 is 43.4. The number of hydrogen-bond donors (Lipinski definition) is 2. The Morgan fingerprint density at radius 2 is 2.10 bits per heavy atom. The number of benzene rings is 1. The van der Waals surface area contributed by atoms with Crippen LogP contribution in [0.15, 0.2) is 29.3 Å². The summed E-state index contributed by atoms with van der Waals surface area (Å²) in [6, 6.07) is 5.19. The molecule has 0 fully saturated rings. The molecule has 1 aromatic rings. The number of ether oxygens (including phenoxy) is 1. The van der Waals surface area contributed by atoms with Gasteiger partial charge in [0.2, 0.25) is 0 Å². The van der Waals surface area contributed by atoms with Gasteiger partial charge in [-0.05, 0) is 18.6 Å². The first-order valence-electron chi connectivity index (χ1n) is 6.38. The van der Waals surface area contributed by atoms with Crippen LogP contribution in [0.1, 0.15) is 12.0 Å². The zero-order valence-electron chi connectivity index (χ0n) is 10.8. The van der Waals surface area contributed by atoms with Crippen molar-refractivity contribution in [3.05, 3.63) is 29.8 Å². The van der Waals surface area contributed by atoms with Crippen molar-refractivity contribution in [2.24, 2.45) is 4.99 Å². The van der Waals surface area contributed by atoms with Crippen LogP contribution in [0.5, 0.6) is 5.75 Å². The van der Waals surface area contributed by atoms with Crippen LogP contribution in [0.3, 0.4) is 0 Å². The summed E-state index contributed by atoms with van der Waals surface area (Å²) in [5.41, 5.74) is -0.756. The maximum atomic E-state index is 12.7. The summed E-state index contributed by atoms with van der Waals surface area (Å²) in [5.74, 6) is 0.518. The number of halogens is 3. The van der Waals surface area contributed by atoms with Crippen molar-refractivity contribution in [3.8, 4) is 5.75 Å². The first-order valence-corrected chi connectivity index (χ1v) is 6.38.